The van der Waals surface area contributed by atoms with Crippen LogP contribution < -0.4 is 5.32 Å². The largest absolute Gasteiger partial charge is 0.381 e. The van der Waals surface area contributed by atoms with Gasteiger partial charge in [0, 0.05) is 31.3 Å². The van der Waals surface area contributed by atoms with Gasteiger partial charge in [-0.05, 0) is 69.9 Å². The Morgan fingerprint density at radius 3 is 2.14 bits per heavy atom. The van der Waals surface area contributed by atoms with E-state index in [9.17, 15) is 0 Å². The normalized spacial score (nSPS) is 34.4. The number of ether oxygens (including phenoxy) is 1. The Labute approximate surface area is 130 Å². The molecule has 3 aliphatic rings. The number of piperidine rings is 1. The molecule has 2 aliphatic heterocycles. The average Bonchev–Trinajstić information content (AvgIpc) is 2.49. The van der Waals surface area contributed by atoms with E-state index in [4.69, 9.17) is 4.74 Å². The molecule has 3 nitrogen and oxygen atoms in total. The van der Waals surface area contributed by atoms with Crippen LogP contribution in [0.3, 0.4) is 0 Å². The molecule has 21 heavy (non-hydrogen) atoms. The minimum atomic E-state index is 0.634. The molecule has 0 bridgehead atoms. The summed E-state index contributed by atoms with van der Waals surface area (Å²) in [4.78, 5) is 2.81. The third kappa shape index (κ3) is 4.00. The number of hydrogen-bond donors (Lipinski definition) is 1. The molecule has 2 saturated heterocycles. The Hall–Kier alpha value is -0.120. The lowest BCUT2D eigenvalue weighted by atomic mass is 9.72. The van der Waals surface area contributed by atoms with Crippen LogP contribution in [0.1, 0.15) is 65.2 Å². The average molecular weight is 294 g/mol. The van der Waals surface area contributed by atoms with Crippen molar-refractivity contribution in [3.05, 3.63) is 0 Å². The molecular formula is C18H34N2O. The summed E-state index contributed by atoms with van der Waals surface area (Å²) in [5.74, 6) is 0. The quantitative estimate of drug-likeness (QED) is 0.865. The van der Waals surface area contributed by atoms with Crippen LogP contribution in [0.2, 0.25) is 0 Å². The van der Waals surface area contributed by atoms with E-state index < -0.39 is 0 Å². The van der Waals surface area contributed by atoms with Gasteiger partial charge in [-0.25, -0.2) is 0 Å². The van der Waals surface area contributed by atoms with E-state index in [1.54, 1.807) is 0 Å². The van der Waals surface area contributed by atoms with Crippen LogP contribution in [0.4, 0.5) is 0 Å². The van der Waals surface area contributed by atoms with Crippen LogP contribution in [-0.2, 0) is 4.74 Å². The summed E-state index contributed by atoms with van der Waals surface area (Å²) in [6.45, 7) is 9.23. The fourth-order valence-corrected chi connectivity index (χ4v) is 4.75. The number of hydrogen-bond acceptors (Lipinski definition) is 3. The van der Waals surface area contributed by atoms with E-state index in [1.165, 1.54) is 64.5 Å². The van der Waals surface area contributed by atoms with Crippen LogP contribution in [-0.4, -0.2) is 49.3 Å². The zero-order valence-corrected chi connectivity index (χ0v) is 14.1. The third-order valence-electron chi connectivity index (χ3n) is 6.19. The molecule has 0 amide bonds. The van der Waals surface area contributed by atoms with Crippen LogP contribution in [0.25, 0.3) is 0 Å². The van der Waals surface area contributed by atoms with Gasteiger partial charge in [-0.15, -0.1) is 0 Å². The highest BCUT2D eigenvalue weighted by Gasteiger charge is 2.38. The third-order valence-corrected chi connectivity index (χ3v) is 6.19. The molecule has 0 aromatic rings. The van der Waals surface area contributed by atoms with Gasteiger partial charge in [0.25, 0.3) is 0 Å². The monoisotopic (exact) mass is 294 g/mol. The van der Waals surface area contributed by atoms with Gasteiger partial charge >= 0.3 is 0 Å². The molecule has 0 aromatic carbocycles. The highest BCUT2D eigenvalue weighted by molar-refractivity contribution is 4.91. The number of rotatable bonds is 3. The van der Waals surface area contributed by atoms with Gasteiger partial charge in [0.2, 0.25) is 0 Å². The summed E-state index contributed by atoms with van der Waals surface area (Å²) >= 11 is 0. The first-order chi connectivity index (χ1) is 10.2. The lowest BCUT2D eigenvalue weighted by Gasteiger charge is -2.47. The minimum Gasteiger partial charge on any atom is -0.381 e. The number of nitrogens with one attached hydrogen (secondary N) is 1. The fraction of sp³-hybridized carbons (Fsp3) is 1.00. The zero-order valence-electron chi connectivity index (χ0n) is 14.1. The van der Waals surface area contributed by atoms with Crippen LogP contribution in [0.15, 0.2) is 0 Å². The van der Waals surface area contributed by atoms with Crippen LogP contribution >= 0.6 is 0 Å². The summed E-state index contributed by atoms with van der Waals surface area (Å²) < 4.78 is 5.56. The predicted octanol–water partition coefficient (Wildman–Crippen LogP) is 3.19. The Balaban J connectivity index is 1.43. The molecule has 2 heterocycles. The number of likely N-dealkylation sites (tertiary alicyclic amines) is 1. The van der Waals surface area contributed by atoms with Gasteiger partial charge in [0.05, 0.1) is 0 Å². The maximum Gasteiger partial charge on any atom is 0.0471 e. The van der Waals surface area contributed by atoms with Crippen molar-refractivity contribution in [2.75, 3.05) is 26.3 Å². The van der Waals surface area contributed by atoms with Gasteiger partial charge in [-0.3, -0.25) is 0 Å². The van der Waals surface area contributed by atoms with Gasteiger partial charge in [-0.1, -0.05) is 13.8 Å². The van der Waals surface area contributed by atoms with Crippen LogP contribution in [0, 0.1) is 5.41 Å². The van der Waals surface area contributed by atoms with E-state index >= 15 is 0 Å². The zero-order chi connectivity index (χ0) is 14.7. The summed E-state index contributed by atoms with van der Waals surface area (Å²) in [5.41, 5.74) is 0.644. The van der Waals surface area contributed by atoms with E-state index in [2.05, 4.69) is 24.1 Å². The van der Waals surface area contributed by atoms with Gasteiger partial charge < -0.3 is 15.0 Å². The Morgan fingerprint density at radius 2 is 1.57 bits per heavy atom. The minimum absolute atomic E-state index is 0.634. The summed E-state index contributed by atoms with van der Waals surface area (Å²) in [6, 6.07) is 2.27. The molecule has 1 aliphatic carbocycles. The molecule has 3 fully saturated rings. The molecule has 1 N–H and O–H groups in total. The van der Waals surface area contributed by atoms with Crippen molar-refractivity contribution in [2.24, 2.45) is 5.41 Å². The van der Waals surface area contributed by atoms with Crippen molar-refractivity contribution >= 4 is 0 Å². The lowest BCUT2D eigenvalue weighted by Crippen LogP contribution is -2.49. The Morgan fingerprint density at radius 1 is 0.952 bits per heavy atom. The van der Waals surface area contributed by atoms with E-state index in [1.807, 2.05) is 0 Å². The van der Waals surface area contributed by atoms with Gasteiger partial charge in [-0.2, -0.15) is 0 Å². The molecule has 0 aromatic heterocycles. The summed E-state index contributed by atoms with van der Waals surface area (Å²) in [5, 5.41) is 3.72. The maximum atomic E-state index is 5.56. The Bertz CT molecular complexity index is 307. The molecule has 3 heteroatoms. The van der Waals surface area contributed by atoms with Crippen molar-refractivity contribution < 1.29 is 4.74 Å². The summed E-state index contributed by atoms with van der Waals surface area (Å²) in [6.07, 6.45) is 11.0. The first kappa shape index (κ1) is 15.8. The second-order valence-corrected chi connectivity index (χ2v) is 7.98. The van der Waals surface area contributed by atoms with Crippen molar-refractivity contribution in [2.45, 2.75) is 83.3 Å². The van der Waals surface area contributed by atoms with E-state index in [-0.39, 0.29) is 0 Å². The highest BCUT2D eigenvalue weighted by atomic mass is 16.5. The fourth-order valence-electron chi connectivity index (χ4n) is 4.75. The predicted molar refractivity (Wildman–Crippen MR) is 87.6 cm³/mol. The highest BCUT2D eigenvalue weighted by Crippen LogP contribution is 2.41. The molecule has 0 unspecified atom stereocenters. The van der Waals surface area contributed by atoms with E-state index in [0.717, 1.165) is 25.3 Å². The van der Waals surface area contributed by atoms with Crippen molar-refractivity contribution in [1.29, 1.82) is 0 Å². The van der Waals surface area contributed by atoms with Crippen molar-refractivity contribution in [3.8, 4) is 0 Å². The SMILES string of the molecule is CC(C)NC1CCC(N2CCC3(CCOCC3)CC2)CC1. The first-order valence-corrected chi connectivity index (χ1v) is 9.25. The standard InChI is InChI=1S/C18H34N2O/c1-15(2)19-16-3-5-17(6-4-16)20-11-7-18(8-12-20)9-13-21-14-10-18/h15-17,19H,3-14H2,1-2H3. The van der Waals surface area contributed by atoms with Crippen molar-refractivity contribution in [3.63, 3.8) is 0 Å². The van der Waals surface area contributed by atoms with Crippen molar-refractivity contribution in [1.82, 2.24) is 10.2 Å². The molecular weight excluding hydrogens is 260 g/mol. The second kappa shape index (κ2) is 6.97. The maximum absolute atomic E-state index is 5.56. The number of nitrogens with zero attached hydrogens (tertiary/aromatic N) is 1. The lowest BCUT2D eigenvalue weighted by molar-refractivity contribution is -0.0311. The first-order valence-electron chi connectivity index (χ1n) is 9.25. The van der Waals surface area contributed by atoms with Crippen LogP contribution in [0.5, 0.6) is 0 Å². The summed E-state index contributed by atoms with van der Waals surface area (Å²) in [7, 11) is 0. The molecule has 122 valence electrons. The molecule has 3 rings (SSSR count). The topological polar surface area (TPSA) is 24.5 Å². The molecule has 1 saturated carbocycles. The van der Waals surface area contributed by atoms with Gasteiger partial charge in [0.15, 0.2) is 0 Å². The molecule has 1 spiro atoms. The molecule has 0 atom stereocenters. The second-order valence-electron chi connectivity index (χ2n) is 7.98. The molecule has 0 radical (unpaired) electrons. The van der Waals surface area contributed by atoms with Gasteiger partial charge in [0.1, 0.15) is 0 Å². The van der Waals surface area contributed by atoms with E-state index in [0.29, 0.717) is 11.5 Å². The smallest absolute Gasteiger partial charge is 0.0471 e. The Kier molecular flexibility index (Phi) is 5.23.